The summed E-state index contributed by atoms with van der Waals surface area (Å²) in [7, 11) is 0. The standard InChI is InChI=1S/C19H19ClN4O2S/c1-19(9-10-27-18(21)24-19)12-3-2-4-15(11-12)23-17(26)16(25)22-14-7-5-13(20)6-8-14/h2-8,11H,9-10H2,1H3,(H2,21,24)(H,22,25)(H,23,26). The van der Waals surface area contributed by atoms with Crippen molar-refractivity contribution < 1.29 is 9.59 Å². The summed E-state index contributed by atoms with van der Waals surface area (Å²) in [5.74, 6) is -0.633. The summed E-state index contributed by atoms with van der Waals surface area (Å²) in [6.45, 7) is 2.01. The van der Waals surface area contributed by atoms with Gasteiger partial charge in [-0.1, -0.05) is 35.5 Å². The van der Waals surface area contributed by atoms with Gasteiger partial charge in [-0.3, -0.25) is 14.6 Å². The molecule has 8 heteroatoms. The second-order valence-electron chi connectivity index (χ2n) is 6.32. The van der Waals surface area contributed by atoms with Crippen molar-refractivity contribution in [2.24, 2.45) is 10.7 Å². The Balaban J connectivity index is 1.70. The van der Waals surface area contributed by atoms with Crippen LogP contribution in [0.15, 0.2) is 53.5 Å². The lowest BCUT2D eigenvalue weighted by molar-refractivity contribution is -0.132. The zero-order valence-electron chi connectivity index (χ0n) is 14.7. The molecule has 1 heterocycles. The third-order valence-corrected chi connectivity index (χ3v) is 5.29. The van der Waals surface area contributed by atoms with Gasteiger partial charge in [-0.15, -0.1) is 0 Å². The van der Waals surface area contributed by atoms with Crippen LogP contribution in [-0.4, -0.2) is 22.7 Å². The highest BCUT2D eigenvalue weighted by Crippen LogP contribution is 2.35. The van der Waals surface area contributed by atoms with Crippen LogP contribution in [0.5, 0.6) is 0 Å². The topological polar surface area (TPSA) is 96.6 Å². The Labute approximate surface area is 166 Å². The van der Waals surface area contributed by atoms with Crippen molar-refractivity contribution in [3.05, 3.63) is 59.1 Å². The second kappa shape index (κ2) is 8.02. The molecule has 1 aliphatic heterocycles. The van der Waals surface area contributed by atoms with Crippen molar-refractivity contribution in [1.29, 1.82) is 0 Å². The molecule has 1 atom stereocenters. The molecule has 0 spiro atoms. The minimum atomic E-state index is -0.759. The number of anilines is 2. The molecule has 0 saturated carbocycles. The highest BCUT2D eigenvalue weighted by atomic mass is 35.5. The van der Waals surface area contributed by atoms with Crippen molar-refractivity contribution in [3.8, 4) is 0 Å². The van der Waals surface area contributed by atoms with Gasteiger partial charge < -0.3 is 16.4 Å². The van der Waals surface area contributed by atoms with E-state index in [2.05, 4.69) is 15.6 Å². The van der Waals surface area contributed by atoms with Crippen LogP contribution in [0.1, 0.15) is 18.9 Å². The van der Waals surface area contributed by atoms with Crippen LogP contribution in [0.2, 0.25) is 5.02 Å². The van der Waals surface area contributed by atoms with E-state index in [0.717, 1.165) is 17.7 Å². The Morgan fingerprint density at radius 1 is 1.11 bits per heavy atom. The van der Waals surface area contributed by atoms with Gasteiger partial charge in [-0.25, -0.2) is 0 Å². The quantitative estimate of drug-likeness (QED) is 0.683. The minimum absolute atomic E-state index is 0.443. The number of aliphatic imine (C=N–C) groups is 1. The number of rotatable bonds is 3. The monoisotopic (exact) mass is 402 g/mol. The van der Waals surface area contributed by atoms with E-state index < -0.39 is 17.4 Å². The zero-order chi connectivity index (χ0) is 19.4. The molecule has 2 amide bonds. The number of nitrogens with one attached hydrogen (secondary N) is 2. The maximum atomic E-state index is 12.2. The highest BCUT2D eigenvalue weighted by Gasteiger charge is 2.29. The third kappa shape index (κ3) is 4.81. The molecule has 1 unspecified atom stereocenters. The van der Waals surface area contributed by atoms with Gasteiger partial charge in [0.15, 0.2) is 5.17 Å². The molecule has 0 aromatic heterocycles. The Hall–Kier alpha value is -2.51. The summed E-state index contributed by atoms with van der Waals surface area (Å²) in [6.07, 6.45) is 0.840. The predicted molar refractivity (Wildman–Crippen MR) is 111 cm³/mol. The molecule has 0 radical (unpaired) electrons. The molecule has 4 N–H and O–H groups in total. The normalized spacial score (nSPS) is 19.1. The summed E-state index contributed by atoms with van der Waals surface area (Å²) in [6, 6.07) is 13.8. The van der Waals surface area contributed by atoms with E-state index in [1.165, 1.54) is 11.8 Å². The number of benzene rings is 2. The average Bonchev–Trinajstić information content (AvgIpc) is 2.63. The number of halogens is 1. The summed E-state index contributed by atoms with van der Waals surface area (Å²) in [5, 5.41) is 6.25. The van der Waals surface area contributed by atoms with E-state index in [-0.39, 0.29) is 0 Å². The third-order valence-electron chi connectivity index (χ3n) is 4.25. The Morgan fingerprint density at radius 3 is 2.44 bits per heavy atom. The minimum Gasteiger partial charge on any atom is -0.379 e. The maximum absolute atomic E-state index is 12.2. The summed E-state index contributed by atoms with van der Waals surface area (Å²) >= 11 is 7.34. The number of amidine groups is 1. The van der Waals surface area contributed by atoms with Crippen molar-refractivity contribution in [2.45, 2.75) is 18.9 Å². The van der Waals surface area contributed by atoms with Crippen LogP contribution in [0, 0.1) is 0 Å². The van der Waals surface area contributed by atoms with E-state index >= 15 is 0 Å². The fraction of sp³-hybridized carbons (Fsp3) is 0.211. The first-order valence-corrected chi connectivity index (χ1v) is 9.69. The molecule has 0 bridgehead atoms. The molecule has 0 aliphatic carbocycles. The number of hydrogen-bond donors (Lipinski definition) is 3. The van der Waals surface area contributed by atoms with Crippen LogP contribution in [0.3, 0.4) is 0 Å². The number of carbonyl (C=O) groups excluding carboxylic acids is 2. The molecule has 3 rings (SSSR count). The second-order valence-corrected chi connectivity index (χ2v) is 7.87. The first-order valence-electron chi connectivity index (χ1n) is 8.32. The van der Waals surface area contributed by atoms with Crippen molar-refractivity contribution in [3.63, 3.8) is 0 Å². The van der Waals surface area contributed by atoms with Gasteiger partial charge >= 0.3 is 11.8 Å². The van der Waals surface area contributed by atoms with E-state index in [9.17, 15) is 9.59 Å². The molecule has 6 nitrogen and oxygen atoms in total. The van der Waals surface area contributed by atoms with Gasteiger partial charge in [0, 0.05) is 22.2 Å². The number of carbonyl (C=O) groups is 2. The lowest BCUT2D eigenvalue weighted by atomic mass is 9.89. The number of nitrogens with zero attached hydrogens (tertiary/aromatic N) is 1. The Morgan fingerprint density at radius 2 is 1.78 bits per heavy atom. The molecule has 27 heavy (non-hydrogen) atoms. The maximum Gasteiger partial charge on any atom is 0.314 e. The van der Waals surface area contributed by atoms with Gasteiger partial charge in [-0.05, 0) is 55.3 Å². The van der Waals surface area contributed by atoms with E-state index in [1.54, 1.807) is 30.3 Å². The molecule has 0 saturated heterocycles. The molecule has 1 aliphatic rings. The fourth-order valence-electron chi connectivity index (χ4n) is 2.74. The number of nitrogens with two attached hydrogens (primary N) is 1. The first-order chi connectivity index (χ1) is 12.9. The molecule has 140 valence electrons. The van der Waals surface area contributed by atoms with Crippen molar-refractivity contribution in [2.75, 3.05) is 16.4 Å². The van der Waals surface area contributed by atoms with E-state index in [0.29, 0.717) is 21.6 Å². The molecule has 2 aromatic carbocycles. The van der Waals surface area contributed by atoms with Gasteiger partial charge in [0.25, 0.3) is 0 Å². The van der Waals surface area contributed by atoms with Gasteiger partial charge in [0.1, 0.15) is 0 Å². The Bertz CT molecular complexity index is 901. The summed E-state index contributed by atoms with van der Waals surface area (Å²) in [4.78, 5) is 28.9. The Kier molecular flexibility index (Phi) is 5.72. The number of amides is 2. The fourth-order valence-corrected chi connectivity index (χ4v) is 3.84. The van der Waals surface area contributed by atoms with Crippen LogP contribution in [0.25, 0.3) is 0 Å². The molecule has 2 aromatic rings. The number of hydrogen-bond acceptors (Lipinski definition) is 5. The van der Waals surface area contributed by atoms with Crippen LogP contribution >= 0.6 is 23.4 Å². The first kappa shape index (κ1) is 19.3. The lowest BCUT2D eigenvalue weighted by Gasteiger charge is -2.30. The SMILES string of the molecule is CC1(c2cccc(NC(=O)C(=O)Nc3ccc(Cl)cc3)c2)CCSC(N)=N1. The largest absolute Gasteiger partial charge is 0.379 e. The van der Waals surface area contributed by atoms with Crippen LogP contribution in [0.4, 0.5) is 11.4 Å². The van der Waals surface area contributed by atoms with Gasteiger partial charge in [0.05, 0.1) is 5.54 Å². The van der Waals surface area contributed by atoms with Crippen molar-refractivity contribution in [1.82, 2.24) is 0 Å². The number of thioether (sulfide) groups is 1. The zero-order valence-corrected chi connectivity index (χ0v) is 16.2. The van der Waals surface area contributed by atoms with Crippen LogP contribution < -0.4 is 16.4 Å². The molecular weight excluding hydrogens is 384 g/mol. The van der Waals surface area contributed by atoms with E-state index in [4.69, 9.17) is 17.3 Å². The molecule has 0 fully saturated rings. The predicted octanol–water partition coefficient (Wildman–Crippen LogP) is 3.58. The van der Waals surface area contributed by atoms with Crippen LogP contribution in [-0.2, 0) is 15.1 Å². The van der Waals surface area contributed by atoms with Gasteiger partial charge in [-0.2, -0.15) is 0 Å². The average molecular weight is 403 g/mol. The highest BCUT2D eigenvalue weighted by molar-refractivity contribution is 8.13. The lowest BCUT2D eigenvalue weighted by Crippen LogP contribution is -2.30. The smallest absolute Gasteiger partial charge is 0.314 e. The summed E-state index contributed by atoms with van der Waals surface area (Å²) in [5.41, 5.74) is 7.38. The van der Waals surface area contributed by atoms with Crippen molar-refractivity contribution >= 4 is 51.7 Å². The molecular formula is C19H19ClN4O2S. The van der Waals surface area contributed by atoms with E-state index in [1.807, 2.05) is 25.1 Å². The summed E-state index contributed by atoms with van der Waals surface area (Å²) < 4.78 is 0. The van der Waals surface area contributed by atoms with Gasteiger partial charge in [0.2, 0.25) is 0 Å².